The SMILES string of the molecule is CCC(=O)Nc1ccc(C)n(CC(=O)N2CCN(c3ccc(Cl)cc3)CC2)c1=O. The van der Waals surface area contributed by atoms with Crippen molar-refractivity contribution in [2.75, 3.05) is 36.4 Å². The lowest BCUT2D eigenvalue weighted by Gasteiger charge is -2.36. The number of hydrogen-bond acceptors (Lipinski definition) is 4. The molecule has 0 spiro atoms. The first-order valence-electron chi connectivity index (χ1n) is 9.67. The molecule has 1 saturated heterocycles. The summed E-state index contributed by atoms with van der Waals surface area (Å²) >= 11 is 5.94. The van der Waals surface area contributed by atoms with Gasteiger partial charge in [-0.25, -0.2) is 0 Å². The van der Waals surface area contributed by atoms with Crippen molar-refractivity contribution >= 4 is 34.8 Å². The molecule has 0 aliphatic carbocycles. The summed E-state index contributed by atoms with van der Waals surface area (Å²) < 4.78 is 1.42. The molecule has 2 amide bonds. The second kappa shape index (κ2) is 9.13. The second-order valence-electron chi connectivity index (χ2n) is 7.03. The van der Waals surface area contributed by atoms with Crippen LogP contribution in [0.1, 0.15) is 19.0 Å². The van der Waals surface area contributed by atoms with E-state index in [1.807, 2.05) is 24.3 Å². The number of benzene rings is 1. The lowest BCUT2D eigenvalue weighted by atomic mass is 10.2. The Bertz CT molecular complexity index is 947. The third-order valence-corrected chi connectivity index (χ3v) is 5.36. The van der Waals surface area contributed by atoms with E-state index in [2.05, 4.69) is 10.2 Å². The molecule has 1 fully saturated rings. The van der Waals surface area contributed by atoms with Gasteiger partial charge in [-0.15, -0.1) is 0 Å². The summed E-state index contributed by atoms with van der Waals surface area (Å²) in [5.74, 6) is -0.341. The summed E-state index contributed by atoms with van der Waals surface area (Å²) in [6.07, 6.45) is 0.282. The van der Waals surface area contributed by atoms with Crippen LogP contribution in [-0.4, -0.2) is 47.5 Å². The molecular formula is C21H25ClN4O3. The van der Waals surface area contributed by atoms with Gasteiger partial charge in [-0.05, 0) is 43.3 Å². The van der Waals surface area contributed by atoms with Gasteiger partial charge >= 0.3 is 0 Å². The van der Waals surface area contributed by atoms with Crippen molar-refractivity contribution in [1.82, 2.24) is 9.47 Å². The zero-order valence-corrected chi connectivity index (χ0v) is 17.4. The Kier molecular flexibility index (Phi) is 6.59. The van der Waals surface area contributed by atoms with Gasteiger partial charge in [0.1, 0.15) is 12.2 Å². The van der Waals surface area contributed by atoms with Crippen LogP contribution in [0.2, 0.25) is 5.02 Å². The smallest absolute Gasteiger partial charge is 0.274 e. The van der Waals surface area contributed by atoms with E-state index in [1.54, 1.807) is 30.9 Å². The monoisotopic (exact) mass is 416 g/mol. The number of anilines is 2. The Morgan fingerprint density at radius 1 is 1.03 bits per heavy atom. The Hall–Kier alpha value is -2.80. The predicted molar refractivity (Wildman–Crippen MR) is 115 cm³/mol. The topological polar surface area (TPSA) is 74.7 Å². The van der Waals surface area contributed by atoms with E-state index >= 15 is 0 Å². The molecule has 154 valence electrons. The maximum atomic E-state index is 12.8. The fraction of sp³-hybridized carbons (Fsp3) is 0.381. The molecule has 1 aliphatic rings. The van der Waals surface area contributed by atoms with E-state index in [0.29, 0.717) is 36.9 Å². The fourth-order valence-electron chi connectivity index (χ4n) is 3.30. The van der Waals surface area contributed by atoms with E-state index in [9.17, 15) is 14.4 Å². The molecule has 0 bridgehead atoms. The Morgan fingerprint density at radius 3 is 2.31 bits per heavy atom. The van der Waals surface area contributed by atoms with Crippen LogP contribution in [0.25, 0.3) is 0 Å². The molecule has 7 nitrogen and oxygen atoms in total. The molecule has 29 heavy (non-hydrogen) atoms. The summed E-state index contributed by atoms with van der Waals surface area (Å²) in [6, 6.07) is 11.0. The van der Waals surface area contributed by atoms with Crippen molar-refractivity contribution in [2.45, 2.75) is 26.8 Å². The minimum absolute atomic E-state index is 0.0402. The summed E-state index contributed by atoms with van der Waals surface area (Å²) in [5.41, 5.74) is 1.59. The molecule has 2 heterocycles. The summed E-state index contributed by atoms with van der Waals surface area (Å²) in [6.45, 7) is 6.06. The molecule has 1 aromatic carbocycles. The molecular weight excluding hydrogens is 392 g/mol. The number of hydrogen-bond donors (Lipinski definition) is 1. The molecule has 0 atom stereocenters. The normalized spacial score (nSPS) is 14.0. The number of aryl methyl sites for hydroxylation is 1. The maximum absolute atomic E-state index is 12.8. The van der Waals surface area contributed by atoms with Gasteiger partial charge in [-0.1, -0.05) is 18.5 Å². The van der Waals surface area contributed by atoms with Gasteiger partial charge in [0.05, 0.1) is 0 Å². The van der Waals surface area contributed by atoms with Crippen LogP contribution in [0, 0.1) is 6.92 Å². The largest absolute Gasteiger partial charge is 0.368 e. The lowest BCUT2D eigenvalue weighted by Crippen LogP contribution is -2.50. The van der Waals surface area contributed by atoms with Crippen molar-refractivity contribution < 1.29 is 9.59 Å². The van der Waals surface area contributed by atoms with Crippen LogP contribution in [0.5, 0.6) is 0 Å². The zero-order chi connectivity index (χ0) is 21.0. The molecule has 1 N–H and O–H groups in total. The average molecular weight is 417 g/mol. The molecule has 0 unspecified atom stereocenters. The summed E-state index contributed by atoms with van der Waals surface area (Å²) in [5, 5.41) is 3.29. The molecule has 8 heteroatoms. The zero-order valence-electron chi connectivity index (χ0n) is 16.7. The Balaban J connectivity index is 1.65. The first-order valence-corrected chi connectivity index (χ1v) is 10.1. The van der Waals surface area contributed by atoms with Crippen LogP contribution in [-0.2, 0) is 16.1 Å². The van der Waals surface area contributed by atoms with E-state index in [1.165, 1.54) is 4.57 Å². The van der Waals surface area contributed by atoms with Gasteiger partial charge in [0, 0.05) is 49.0 Å². The van der Waals surface area contributed by atoms with Gasteiger partial charge in [-0.3, -0.25) is 14.4 Å². The number of aromatic nitrogens is 1. The molecule has 2 aromatic rings. The van der Waals surface area contributed by atoms with Gasteiger partial charge < -0.3 is 19.7 Å². The number of amides is 2. The summed E-state index contributed by atoms with van der Waals surface area (Å²) in [4.78, 5) is 41.1. The van der Waals surface area contributed by atoms with Crippen LogP contribution in [0.3, 0.4) is 0 Å². The van der Waals surface area contributed by atoms with Gasteiger partial charge in [0.15, 0.2) is 0 Å². The van der Waals surface area contributed by atoms with Crippen LogP contribution < -0.4 is 15.8 Å². The highest BCUT2D eigenvalue weighted by Gasteiger charge is 2.22. The first-order chi connectivity index (χ1) is 13.9. The lowest BCUT2D eigenvalue weighted by molar-refractivity contribution is -0.132. The van der Waals surface area contributed by atoms with Crippen molar-refractivity contribution in [3.05, 3.63) is 57.5 Å². The highest BCUT2D eigenvalue weighted by atomic mass is 35.5. The van der Waals surface area contributed by atoms with Crippen molar-refractivity contribution in [3.63, 3.8) is 0 Å². The summed E-state index contributed by atoms with van der Waals surface area (Å²) in [7, 11) is 0. The number of piperazine rings is 1. The Labute approximate surface area is 174 Å². The van der Waals surface area contributed by atoms with Gasteiger partial charge in [0.2, 0.25) is 11.8 Å². The Morgan fingerprint density at radius 2 is 1.69 bits per heavy atom. The number of carbonyl (C=O) groups excluding carboxylic acids is 2. The standard InChI is InChI=1S/C21H25ClN4O3/c1-3-19(27)23-18-9-4-15(2)26(21(18)29)14-20(28)25-12-10-24(11-13-25)17-7-5-16(22)6-8-17/h4-9H,3,10-14H2,1-2H3,(H,23,27). The van der Waals surface area contributed by atoms with Crippen LogP contribution in [0.15, 0.2) is 41.2 Å². The van der Waals surface area contributed by atoms with Crippen molar-refractivity contribution in [1.29, 1.82) is 0 Å². The first kappa shape index (κ1) is 20.9. The third kappa shape index (κ3) is 4.98. The van der Waals surface area contributed by atoms with Crippen molar-refractivity contribution in [2.24, 2.45) is 0 Å². The van der Waals surface area contributed by atoms with Gasteiger partial charge in [0.25, 0.3) is 5.56 Å². The minimum Gasteiger partial charge on any atom is -0.368 e. The molecule has 1 aromatic heterocycles. The average Bonchev–Trinajstić information content (AvgIpc) is 2.73. The predicted octanol–water partition coefficient (Wildman–Crippen LogP) is 2.51. The second-order valence-corrected chi connectivity index (χ2v) is 7.46. The number of nitrogens with one attached hydrogen (secondary N) is 1. The van der Waals surface area contributed by atoms with E-state index in [0.717, 1.165) is 5.69 Å². The van der Waals surface area contributed by atoms with E-state index < -0.39 is 0 Å². The van der Waals surface area contributed by atoms with Gasteiger partial charge in [-0.2, -0.15) is 0 Å². The maximum Gasteiger partial charge on any atom is 0.274 e. The molecule has 0 saturated carbocycles. The fourth-order valence-corrected chi connectivity index (χ4v) is 3.43. The number of rotatable bonds is 5. The molecule has 3 rings (SSSR count). The quantitative estimate of drug-likeness (QED) is 0.812. The molecule has 0 radical (unpaired) electrons. The van der Waals surface area contributed by atoms with Crippen LogP contribution in [0.4, 0.5) is 11.4 Å². The van der Waals surface area contributed by atoms with E-state index in [-0.39, 0.29) is 36.0 Å². The minimum atomic E-state index is -0.361. The number of halogens is 1. The number of nitrogens with zero attached hydrogens (tertiary/aromatic N) is 3. The number of pyridine rings is 1. The van der Waals surface area contributed by atoms with Crippen molar-refractivity contribution in [3.8, 4) is 0 Å². The molecule has 1 aliphatic heterocycles. The third-order valence-electron chi connectivity index (χ3n) is 5.11. The number of carbonyl (C=O) groups is 2. The van der Waals surface area contributed by atoms with E-state index in [4.69, 9.17) is 11.6 Å². The highest BCUT2D eigenvalue weighted by molar-refractivity contribution is 6.30. The van der Waals surface area contributed by atoms with Crippen LogP contribution >= 0.6 is 11.6 Å². The highest BCUT2D eigenvalue weighted by Crippen LogP contribution is 2.19.